The van der Waals surface area contributed by atoms with Gasteiger partial charge >= 0.3 is 0 Å². The number of nitrogens with one attached hydrogen (secondary N) is 1. The molecule has 0 unspecified atom stereocenters. The molecule has 100 valence electrons. The lowest BCUT2D eigenvalue weighted by Gasteiger charge is -2.04. The predicted molar refractivity (Wildman–Crippen MR) is 84.5 cm³/mol. The van der Waals surface area contributed by atoms with Crippen molar-refractivity contribution in [2.75, 3.05) is 5.43 Å². The molecule has 0 aliphatic rings. The van der Waals surface area contributed by atoms with E-state index in [4.69, 9.17) is 0 Å². The van der Waals surface area contributed by atoms with Gasteiger partial charge in [0.15, 0.2) is 0 Å². The maximum atomic E-state index is 4.42. The predicted octanol–water partition coefficient (Wildman–Crippen LogP) is 3.75. The van der Waals surface area contributed by atoms with Crippen LogP contribution in [0.3, 0.4) is 0 Å². The summed E-state index contributed by atoms with van der Waals surface area (Å²) in [4.78, 5) is 8.72. The number of hydrazone groups is 1. The third kappa shape index (κ3) is 2.53. The molecule has 1 aromatic carbocycles. The molecule has 0 radical (unpaired) electrons. The number of fused-ring (bicyclic) bond motifs is 1. The zero-order chi connectivity index (χ0) is 13.9. The van der Waals surface area contributed by atoms with Crippen LogP contribution in [0.15, 0.2) is 40.9 Å². The molecule has 20 heavy (non-hydrogen) atoms. The van der Waals surface area contributed by atoms with E-state index < -0.39 is 0 Å². The largest absolute Gasteiger partial charge is 0.256 e. The van der Waals surface area contributed by atoms with Crippen LogP contribution in [0.5, 0.6) is 0 Å². The minimum absolute atomic E-state index is 0.799. The van der Waals surface area contributed by atoms with Crippen LogP contribution in [0.1, 0.15) is 16.8 Å². The van der Waals surface area contributed by atoms with E-state index in [9.17, 15) is 0 Å². The third-order valence-electron chi connectivity index (χ3n) is 2.99. The summed E-state index contributed by atoms with van der Waals surface area (Å²) < 4.78 is 0. The van der Waals surface area contributed by atoms with Crippen molar-refractivity contribution in [1.29, 1.82) is 0 Å². The van der Waals surface area contributed by atoms with Crippen molar-refractivity contribution in [2.24, 2.45) is 5.10 Å². The van der Waals surface area contributed by atoms with Gasteiger partial charge in [-0.1, -0.05) is 18.2 Å². The number of nitrogens with zero attached hydrogens (tertiary/aromatic N) is 3. The van der Waals surface area contributed by atoms with E-state index in [1.807, 2.05) is 24.6 Å². The molecule has 0 saturated heterocycles. The van der Waals surface area contributed by atoms with Crippen LogP contribution in [0.4, 0.5) is 5.13 Å². The third-order valence-corrected chi connectivity index (χ3v) is 3.85. The molecule has 3 rings (SSSR count). The number of rotatable bonds is 3. The van der Waals surface area contributed by atoms with E-state index in [0.717, 1.165) is 27.3 Å². The Balaban J connectivity index is 1.89. The highest BCUT2D eigenvalue weighted by molar-refractivity contribution is 7.13. The number of thiazole rings is 1. The smallest absolute Gasteiger partial charge is 0.203 e. The number of anilines is 1. The summed E-state index contributed by atoms with van der Waals surface area (Å²) in [7, 11) is 0. The van der Waals surface area contributed by atoms with Gasteiger partial charge in [0.1, 0.15) is 0 Å². The molecule has 0 amide bonds. The highest BCUT2D eigenvalue weighted by Gasteiger charge is 2.02. The Morgan fingerprint density at radius 1 is 1.25 bits per heavy atom. The quantitative estimate of drug-likeness (QED) is 0.588. The van der Waals surface area contributed by atoms with E-state index in [0.29, 0.717) is 0 Å². The van der Waals surface area contributed by atoms with Gasteiger partial charge in [-0.05, 0) is 25.5 Å². The number of hydrogen-bond donors (Lipinski definition) is 1. The summed E-state index contributed by atoms with van der Waals surface area (Å²) in [5.41, 5.74) is 7.17. The molecular formula is C15H14N4S. The molecule has 4 nitrogen and oxygen atoms in total. The van der Waals surface area contributed by atoms with Crippen molar-refractivity contribution < 1.29 is 0 Å². The standard InChI is InChI=1S/C15H14N4S/c1-10-5-6-12(13-4-3-7-16-14(10)13)8-17-19-15-18-11(2)9-20-15/h3-9H,1-2H3,(H,18,19). The highest BCUT2D eigenvalue weighted by atomic mass is 32.1. The maximum absolute atomic E-state index is 4.42. The number of pyridine rings is 1. The summed E-state index contributed by atoms with van der Waals surface area (Å²) in [6.45, 7) is 4.03. The van der Waals surface area contributed by atoms with Crippen LogP contribution >= 0.6 is 11.3 Å². The second-order valence-corrected chi connectivity index (χ2v) is 5.39. The molecule has 2 aromatic heterocycles. The Morgan fingerprint density at radius 3 is 2.95 bits per heavy atom. The van der Waals surface area contributed by atoms with E-state index in [1.54, 1.807) is 17.6 Å². The van der Waals surface area contributed by atoms with Gasteiger partial charge in [0.05, 0.1) is 17.4 Å². The second kappa shape index (κ2) is 5.38. The summed E-state index contributed by atoms with van der Waals surface area (Å²) >= 11 is 1.54. The zero-order valence-corrected chi connectivity index (χ0v) is 12.1. The first-order chi connectivity index (χ1) is 9.74. The maximum Gasteiger partial charge on any atom is 0.203 e. The van der Waals surface area contributed by atoms with Gasteiger partial charge in [0.25, 0.3) is 0 Å². The number of benzene rings is 1. The average molecular weight is 282 g/mol. The SMILES string of the molecule is Cc1csc(NN=Cc2ccc(C)c3ncccc23)n1. The zero-order valence-electron chi connectivity index (χ0n) is 11.3. The Kier molecular flexibility index (Phi) is 3.43. The summed E-state index contributed by atoms with van der Waals surface area (Å²) in [5, 5.41) is 8.14. The van der Waals surface area contributed by atoms with Crippen LogP contribution in [0.2, 0.25) is 0 Å². The van der Waals surface area contributed by atoms with Gasteiger partial charge in [-0.3, -0.25) is 10.4 Å². The first-order valence-electron chi connectivity index (χ1n) is 6.29. The lowest BCUT2D eigenvalue weighted by molar-refractivity contribution is 1.22. The van der Waals surface area contributed by atoms with Gasteiger partial charge in [0.2, 0.25) is 5.13 Å². The van der Waals surface area contributed by atoms with Crippen LogP contribution in [-0.2, 0) is 0 Å². The van der Waals surface area contributed by atoms with Gasteiger partial charge in [-0.25, -0.2) is 4.98 Å². The Bertz CT molecular complexity index is 776. The second-order valence-electron chi connectivity index (χ2n) is 4.54. The van der Waals surface area contributed by atoms with Crippen molar-refractivity contribution in [3.63, 3.8) is 0 Å². The molecule has 0 saturated carbocycles. The summed E-state index contributed by atoms with van der Waals surface area (Å²) in [6.07, 6.45) is 3.62. The Hall–Kier alpha value is -2.27. The van der Waals surface area contributed by atoms with E-state index in [1.165, 1.54) is 5.56 Å². The Labute approximate surface area is 121 Å². The molecule has 0 fully saturated rings. The molecular weight excluding hydrogens is 268 g/mol. The molecule has 3 aromatic rings. The first kappa shape index (κ1) is 12.7. The average Bonchev–Trinajstić information content (AvgIpc) is 2.87. The normalized spacial score (nSPS) is 11.3. The van der Waals surface area contributed by atoms with Crippen LogP contribution in [-0.4, -0.2) is 16.2 Å². The fraction of sp³-hybridized carbons (Fsp3) is 0.133. The lowest BCUT2D eigenvalue weighted by atomic mass is 10.1. The summed E-state index contributed by atoms with van der Waals surface area (Å²) in [5.74, 6) is 0. The van der Waals surface area contributed by atoms with Crippen molar-refractivity contribution in [1.82, 2.24) is 9.97 Å². The van der Waals surface area contributed by atoms with E-state index >= 15 is 0 Å². The van der Waals surface area contributed by atoms with Crippen molar-refractivity contribution in [3.8, 4) is 0 Å². The minimum atomic E-state index is 0.799. The summed E-state index contributed by atoms with van der Waals surface area (Å²) in [6, 6.07) is 8.11. The molecule has 0 bridgehead atoms. The molecule has 2 heterocycles. The number of hydrogen-bond acceptors (Lipinski definition) is 5. The van der Waals surface area contributed by atoms with Crippen molar-refractivity contribution in [2.45, 2.75) is 13.8 Å². The first-order valence-corrected chi connectivity index (χ1v) is 7.17. The molecule has 0 atom stereocenters. The van der Waals surface area contributed by atoms with E-state index in [-0.39, 0.29) is 0 Å². The fourth-order valence-electron chi connectivity index (χ4n) is 2.01. The number of aryl methyl sites for hydroxylation is 2. The monoisotopic (exact) mass is 282 g/mol. The van der Waals surface area contributed by atoms with Crippen molar-refractivity contribution in [3.05, 3.63) is 52.7 Å². The molecule has 5 heteroatoms. The lowest BCUT2D eigenvalue weighted by Crippen LogP contribution is -1.93. The minimum Gasteiger partial charge on any atom is -0.256 e. The van der Waals surface area contributed by atoms with Crippen LogP contribution < -0.4 is 5.43 Å². The molecule has 1 N–H and O–H groups in total. The molecule has 0 spiro atoms. The highest BCUT2D eigenvalue weighted by Crippen LogP contribution is 2.19. The molecule has 0 aliphatic carbocycles. The number of aromatic nitrogens is 2. The van der Waals surface area contributed by atoms with Crippen LogP contribution in [0, 0.1) is 13.8 Å². The topological polar surface area (TPSA) is 50.2 Å². The van der Waals surface area contributed by atoms with Gasteiger partial charge in [-0.2, -0.15) is 5.10 Å². The van der Waals surface area contributed by atoms with Gasteiger partial charge < -0.3 is 0 Å². The Morgan fingerprint density at radius 2 is 2.15 bits per heavy atom. The van der Waals surface area contributed by atoms with Crippen LogP contribution in [0.25, 0.3) is 10.9 Å². The van der Waals surface area contributed by atoms with Gasteiger partial charge in [0, 0.05) is 22.5 Å². The van der Waals surface area contributed by atoms with Gasteiger partial charge in [-0.15, -0.1) is 11.3 Å². The fourth-order valence-corrected chi connectivity index (χ4v) is 2.65. The van der Waals surface area contributed by atoms with Crippen molar-refractivity contribution >= 4 is 33.6 Å². The van der Waals surface area contributed by atoms with E-state index in [2.05, 4.69) is 45.6 Å². The molecule has 0 aliphatic heterocycles.